The summed E-state index contributed by atoms with van der Waals surface area (Å²) in [5.74, 6) is 1.03. The van der Waals surface area contributed by atoms with E-state index in [0.717, 1.165) is 51.9 Å². The highest BCUT2D eigenvalue weighted by molar-refractivity contribution is 5.79. The van der Waals surface area contributed by atoms with Crippen molar-refractivity contribution >= 4 is 5.91 Å². The highest BCUT2D eigenvalue weighted by atomic mass is 16.5. The van der Waals surface area contributed by atoms with Crippen molar-refractivity contribution in [2.45, 2.75) is 38.7 Å². The summed E-state index contributed by atoms with van der Waals surface area (Å²) in [6.07, 6.45) is 4.11. The molecule has 0 bridgehead atoms. The second-order valence-corrected chi connectivity index (χ2v) is 5.22. The van der Waals surface area contributed by atoms with E-state index in [1.54, 1.807) is 0 Å². The number of nitrogens with zero attached hydrogens (tertiary/aromatic N) is 1. The van der Waals surface area contributed by atoms with Crippen molar-refractivity contribution in [1.29, 1.82) is 0 Å². The lowest BCUT2D eigenvalue weighted by Gasteiger charge is -2.33. The van der Waals surface area contributed by atoms with E-state index in [0.29, 0.717) is 11.8 Å². The molecule has 98 valence electrons. The summed E-state index contributed by atoms with van der Waals surface area (Å²) in [6, 6.07) is 0. The molecule has 0 saturated carbocycles. The van der Waals surface area contributed by atoms with Crippen molar-refractivity contribution in [2.24, 2.45) is 17.6 Å². The molecule has 0 radical (unpaired) electrons. The minimum Gasteiger partial charge on any atom is -0.377 e. The highest BCUT2D eigenvalue weighted by Crippen LogP contribution is 2.27. The van der Waals surface area contributed by atoms with E-state index in [-0.39, 0.29) is 12.0 Å². The average Bonchev–Trinajstić information content (AvgIpc) is 2.86. The Hall–Kier alpha value is -0.610. The molecule has 2 fully saturated rings. The van der Waals surface area contributed by atoms with E-state index in [9.17, 15) is 4.79 Å². The molecule has 2 rings (SSSR count). The number of likely N-dealkylation sites (tertiary alicyclic amines) is 1. The predicted molar refractivity (Wildman–Crippen MR) is 66.5 cm³/mol. The Balaban J connectivity index is 1.88. The van der Waals surface area contributed by atoms with Crippen LogP contribution in [0.3, 0.4) is 0 Å². The molecule has 2 saturated heterocycles. The number of nitrogens with two attached hydrogens (primary N) is 1. The van der Waals surface area contributed by atoms with Gasteiger partial charge in [-0.25, -0.2) is 0 Å². The zero-order chi connectivity index (χ0) is 12.3. The molecule has 4 heteroatoms. The number of carbonyl (C=O) groups excluding carboxylic acids is 1. The van der Waals surface area contributed by atoms with Crippen LogP contribution in [0.1, 0.15) is 32.6 Å². The van der Waals surface area contributed by atoms with E-state index in [4.69, 9.17) is 10.5 Å². The molecule has 0 aromatic carbocycles. The lowest BCUT2D eigenvalue weighted by molar-refractivity contribution is -0.138. The zero-order valence-electron chi connectivity index (χ0n) is 10.7. The molecule has 0 aliphatic carbocycles. The fourth-order valence-corrected chi connectivity index (χ4v) is 2.96. The third kappa shape index (κ3) is 2.80. The normalized spacial score (nSPS) is 30.8. The lowest BCUT2D eigenvalue weighted by atomic mass is 9.93. The molecule has 0 spiro atoms. The van der Waals surface area contributed by atoms with Gasteiger partial charge in [0.25, 0.3) is 0 Å². The Kier molecular flexibility index (Phi) is 4.40. The molecule has 2 atom stereocenters. The van der Waals surface area contributed by atoms with Gasteiger partial charge in [-0.3, -0.25) is 4.79 Å². The number of piperidine rings is 1. The first-order chi connectivity index (χ1) is 8.26. The van der Waals surface area contributed by atoms with Crippen LogP contribution >= 0.6 is 0 Å². The molecule has 0 aromatic heterocycles. The number of ether oxygens (including phenoxy) is 1. The summed E-state index contributed by atoms with van der Waals surface area (Å²) < 4.78 is 5.60. The minimum absolute atomic E-state index is 0.106. The second-order valence-electron chi connectivity index (χ2n) is 5.22. The van der Waals surface area contributed by atoms with Gasteiger partial charge in [-0.2, -0.15) is 0 Å². The molecule has 2 aliphatic rings. The standard InChI is InChI=1S/C13H24N2O2/c1-2-12-11(5-8-17-12)13(16)15-6-3-10(9-14)4-7-15/h10-12H,2-9,14H2,1H3. The Morgan fingerprint density at radius 3 is 2.65 bits per heavy atom. The first-order valence-corrected chi connectivity index (χ1v) is 6.86. The number of carbonyl (C=O) groups is 1. The summed E-state index contributed by atoms with van der Waals surface area (Å²) >= 11 is 0. The lowest BCUT2D eigenvalue weighted by Crippen LogP contribution is -2.44. The smallest absolute Gasteiger partial charge is 0.228 e. The first kappa shape index (κ1) is 12.8. The Morgan fingerprint density at radius 1 is 1.35 bits per heavy atom. The van der Waals surface area contributed by atoms with Crippen LogP contribution in [0.4, 0.5) is 0 Å². The van der Waals surface area contributed by atoms with Crippen LogP contribution in [0.25, 0.3) is 0 Å². The van der Waals surface area contributed by atoms with Crippen LogP contribution < -0.4 is 5.73 Å². The molecule has 4 nitrogen and oxygen atoms in total. The largest absolute Gasteiger partial charge is 0.377 e. The van der Waals surface area contributed by atoms with Gasteiger partial charge in [0.1, 0.15) is 0 Å². The molecule has 0 aromatic rings. The number of hydrogen-bond acceptors (Lipinski definition) is 3. The maximum absolute atomic E-state index is 12.4. The van der Waals surface area contributed by atoms with E-state index >= 15 is 0 Å². The van der Waals surface area contributed by atoms with E-state index in [1.807, 2.05) is 4.90 Å². The second kappa shape index (κ2) is 5.83. The van der Waals surface area contributed by atoms with Gasteiger partial charge in [-0.15, -0.1) is 0 Å². The summed E-state index contributed by atoms with van der Waals surface area (Å²) in [5, 5.41) is 0. The van der Waals surface area contributed by atoms with Crippen LogP contribution in [0.2, 0.25) is 0 Å². The molecule has 1 amide bonds. The van der Waals surface area contributed by atoms with Crippen molar-refractivity contribution < 1.29 is 9.53 Å². The molecule has 17 heavy (non-hydrogen) atoms. The van der Waals surface area contributed by atoms with E-state index < -0.39 is 0 Å². The summed E-state index contributed by atoms with van der Waals surface area (Å²) in [5.41, 5.74) is 5.67. The van der Waals surface area contributed by atoms with Gasteiger partial charge in [0.2, 0.25) is 5.91 Å². The summed E-state index contributed by atoms with van der Waals surface area (Å²) in [4.78, 5) is 14.4. The first-order valence-electron chi connectivity index (χ1n) is 6.86. The Morgan fingerprint density at radius 2 is 2.06 bits per heavy atom. The minimum atomic E-state index is 0.106. The molecular formula is C13H24N2O2. The van der Waals surface area contributed by atoms with Gasteiger partial charge < -0.3 is 15.4 Å². The average molecular weight is 240 g/mol. The van der Waals surface area contributed by atoms with Gasteiger partial charge >= 0.3 is 0 Å². The maximum atomic E-state index is 12.4. The van der Waals surface area contributed by atoms with Crippen molar-refractivity contribution in [1.82, 2.24) is 4.90 Å². The maximum Gasteiger partial charge on any atom is 0.228 e. The quantitative estimate of drug-likeness (QED) is 0.800. The molecule has 2 unspecified atom stereocenters. The Labute approximate surface area is 103 Å². The molecule has 2 aliphatic heterocycles. The van der Waals surface area contributed by atoms with Crippen LogP contribution in [-0.2, 0) is 9.53 Å². The predicted octanol–water partition coefficient (Wildman–Crippen LogP) is 0.999. The highest BCUT2D eigenvalue weighted by Gasteiger charge is 2.36. The third-order valence-corrected chi connectivity index (χ3v) is 4.19. The van der Waals surface area contributed by atoms with Crippen LogP contribution in [0, 0.1) is 11.8 Å². The van der Waals surface area contributed by atoms with Crippen LogP contribution in [0.15, 0.2) is 0 Å². The van der Waals surface area contributed by atoms with Gasteiger partial charge in [0, 0.05) is 19.7 Å². The van der Waals surface area contributed by atoms with Crippen LogP contribution in [0.5, 0.6) is 0 Å². The summed E-state index contributed by atoms with van der Waals surface area (Å²) in [7, 11) is 0. The van der Waals surface area contributed by atoms with Gasteiger partial charge in [-0.05, 0) is 38.1 Å². The van der Waals surface area contributed by atoms with Gasteiger partial charge in [0.05, 0.1) is 12.0 Å². The number of rotatable bonds is 3. The van der Waals surface area contributed by atoms with Crippen molar-refractivity contribution in [3.8, 4) is 0 Å². The van der Waals surface area contributed by atoms with E-state index in [2.05, 4.69) is 6.92 Å². The Bertz CT molecular complexity index is 262. The number of amides is 1. The fraction of sp³-hybridized carbons (Fsp3) is 0.923. The van der Waals surface area contributed by atoms with Crippen molar-refractivity contribution in [3.63, 3.8) is 0 Å². The topological polar surface area (TPSA) is 55.6 Å². The molecule has 2 heterocycles. The summed E-state index contributed by atoms with van der Waals surface area (Å²) in [6.45, 7) is 5.36. The van der Waals surface area contributed by atoms with E-state index in [1.165, 1.54) is 0 Å². The fourth-order valence-electron chi connectivity index (χ4n) is 2.96. The van der Waals surface area contributed by atoms with Crippen molar-refractivity contribution in [3.05, 3.63) is 0 Å². The molecular weight excluding hydrogens is 216 g/mol. The van der Waals surface area contributed by atoms with Gasteiger partial charge in [-0.1, -0.05) is 6.92 Å². The number of hydrogen-bond donors (Lipinski definition) is 1. The van der Waals surface area contributed by atoms with Gasteiger partial charge in [0.15, 0.2) is 0 Å². The third-order valence-electron chi connectivity index (χ3n) is 4.19. The monoisotopic (exact) mass is 240 g/mol. The van der Waals surface area contributed by atoms with Crippen LogP contribution in [-0.4, -0.2) is 43.2 Å². The zero-order valence-corrected chi connectivity index (χ0v) is 10.7. The molecule has 2 N–H and O–H groups in total. The SMILES string of the molecule is CCC1OCCC1C(=O)N1CCC(CN)CC1. The van der Waals surface area contributed by atoms with Crippen molar-refractivity contribution in [2.75, 3.05) is 26.2 Å².